The summed E-state index contributed by atoms with van der Waals surface area (Å²) in [6, 6.07) is 0. The highest BCUT2D eigenvalue weighted by Crippen LogP contribution is 2.19. The van der Waals surface area contributed by atoms with Crippen LogP contribution >= 0.6 is 0 Å². The Bertz CT molecular complexity index is 352. The zero-order valence-electron chi connectivity index (χ0n) is 10.6. The number of aliphatic hydroxyl groups excluding tert-OH is 4. The fourth-order valence-corrected chi connectivity index (χ4v) is 1.67. The molecule has 1 aliphatic heterocycles. The summed E-state index contributed by atoms with van der Waals surface area (Å²) in [6.07, 6.45) is -7.11. The molecule has 20 heavy (non-hydrogen) atoms. The monoisotopic (exact) mass is 293 g/mol. The van der Waals surface area contributed by atoms with Crippen molar-refractivity contribution in [3.05, 3.63) is 0 Å². The summed E-state index contributed by atoms with van der Waals surface area (Å²) in [7, 11) is 0. The summed E-state index contributed by atoms with van der Waals surface area (Å²) in [5.41, 5.74) is 9.34. The fourth-order valence-electron chi connectivity index (χ4n) is 1.67. The van der Waals surface area contributed by atoms with Gasteiger partial charge in [0.2, 0.25) is 11.8 Å². The van der Waals surface area contributed by atoms with Crippen molar-refractivity contribution in [3.8, 4) is 0 Å². The number of rotatable bonds is 6. The van der Waals surface area contributed by atoms with Crippen molar-refractivity contribution >= 4 is 11.8 Å². The summed E-state index contributed by atoms with van der Waals surface area (Å²) in [4.78, 5) is 21.8. The number of carbonyl (C=O) groups is 2. The first-order valence-corrected chi connectivity index (χ1v) is 6.00. The number of hydrogen-bond acceptors (Lipinski definition) is 8. The van der Waals surface area contributed by atoms with Crippen molar-refractivity contribution in [2.45, 2.75) is 43.5 Å². The molecule has 10 nitrogen and oxygen atoms in total. The molecule has 0 radical (unpaired) electrons. The lowest BCUT2D eigenvalue weighted by Crippen LogP contribution is -2.64. The van der Waals surface area contributed by atoms with E-state index >= 15 is 0 Å². The Morgan fingerprint density at radius 1 is 1.10 bits per heavy atom. The predicted molar refractivity (Wildman–Crippen MR) is 63.5 cm³/mol. The molecular weight excluding hydrogens is 274 g/mol. The zero-order valence-corrected chi connectivity index (χ0v) is 10.6. The Labute approximate surface area is 114 Å². The summed E-state index contributed by atoms with van der Waals surface area (Å²) in [6.45, 7) is -0.571. The summed E-state index contributed by atoms with van der Waals surface area (Å²) in [5.74, 6) is -1.20. The van der Waals surface area contributed by atoms with Crippen LogP contribution in [0, 0.1) is 0 Å². The number of nitrogens with one attached hydrogen (secondary N) is 2. The van der Waals surface area contributed by atoms with Crippen LogP contribution in [0.1, 0.15) is 12.8 Å². The first-order valence-electron chi connectivity index (χ1n) is 6.00. The molecule has 0 aromatic carbocycles. The van der Waals surface area contributed by atoms with Gasteiger partial charge in [0.15, 0.2) is 6.23 Å². The second kappa shape index (κ2) is 7.47. The average molecular weight is 293 g/mol. The molecule has 0 unspecified atom stereocenters. The fraction of sp³-hybridized carbons (Fsp3) is 0.800. The highest BCUT2D eigenvalue weighted by molar-refractivity contribution is 5.82. The topological polar surface area (TPSA) is 174 Å². The van der Waals surface area contributed by atoms with E-state index in [-0.39, 0.29) is 12.8 Å². The van der Waals surface area contributed by atoms with E-state index in [0.717, 1.165) is 0 Å². The molecule has 116 valence electrons. The normalized spacial score (nSPS) is 33.7. The smallest absolute Gasteiger partial charge is 0.234 e. The van der Waals surface area contributed by atoms with Gasteiger partial charge in [0.25, 0.3) is 0 Å². The van der Waals surface area contributed by atoms with Crippen molar-refractivity contribution in [2.24, 2.45) is 5.73 Å². The summed E-state index contributed by atoms with van der Waals surface area (Å²) < 4.78 is 5.08. The highest BCUT2D eigenvalue weighted by atomic mass is 16.6. The number of ether oxygens (including phenoxy) is 1. The van der Waals surface area contributed by atoms with Gasteiger partial charge in [-0.1, -0.05) is 0 Å². The van der Waals surface area contributed by atoms with Crippen molar-refractivity contribution < 1.29 is 34.8 Å². The van der Waals surface area contributed by atoms with Gasteiger partial charge >= 0.3 is 0 Å². The lowest BCUT2D eigenvalue weighted by atomic mass is 9.99. The third-order valence-electron chi connectivity index (χ3n) is 2.84. The minimum absolute atomic E-state index is 0.137. The average Bonchev–Trinajstić information content (AvgIpc) is 2.42. The van der Waals surface area contributed by atoms with Gasteiger partial charge < -0.3 is 30.9 Å². The molecule has 0 aromatic heterocycles. The van der Waals surface area contributed by atoms with Crippen molar-refractivity contribution in [1.82, 2.24) is 10.9 Å². The van der Waals surface area contributed by atoms with Crippen LogP contribution in [-0.2, 0) is 14.3 Å². The standard InChI is InChI=1S/C10H19N3O7/c11-5(15)1-2-6(16)12-13-10-9(19)8(18)7(17)4(3-14)20-10/h4,7-10,13-14,17-19H,1-3H2,(H2,11,15)(H,12,16)/t4-,7-,8+,9-,10-/m1/s1. The van der Waals surface area contributed by atoms with Gasteiger partial charge in [0, 0.05) is 12.8 Å². The van der Waals surface area contributed by atoms with Gasteiger partial charge in [-0.25, -0.2) is 5.43 Å². The summed E-state index contributed by atoms with van der Waals surface area (Å²) in [5, 5.41) is 37.7. The third kappa shape index (κ3) is 4.37. The molecule has 0 bridgehead atoms. The summed E-state index contributed by atoms with van der Waals surface area (Å²) >= 11 is 0. The van der Waals surface area contributed by atoms with E-state index in [4.69, 9.17) is 15.6 Å². The Kier molecular flexibility index (Phi) is 6.26. The number of hydrogen-bond donors (Lipinski definition) is 7. The van der Waals surface area contributed by atoms with Crippen LogP contribution in [0.25, 0.3) is 0 Å². The molecule has 0 aromatic rings. The van der Waals surface area contributed by atoms with E-state index in [1.165, 1.54) is 0 Å². The minimum Gasteiger partial charge on any atom is -0.394 e. The number of carbonyl (C=O) groups excluding carboxylic acids is 2. The second-order valence-corrected chi connectivity index (χ2v) is 4.41. The largest absolute Gasteiger partial charge is 0.394 e. The molecule has 2 amide bonds. The van der Waals surface area contributed by atoms with E-state index in [0.29, 0.717) is 0 Å². The maximum absolute atomic E-state index is 11.3. The Morgan fingerprint density at radius 2 is 1.75 bits per heavy atom. The van der Waals surface area contributed by atoms with Crippen LogP contribution in [-0.4, -0.2) is 69.5 Å². The van der Waals surface area contributed by atoms with Crippen molar-refractivity contribution in [2.75, 3.05) is 6.61 Å². The van der Waals surface area contributed by atoms with Gasteiger partial charge in [0.05, 0.1) is 6.61 Å². The number of aliphatic hydroxyl groups is 4. The van der Waals surface area contributed by atoms with Gasteiger partial charge in [-0.05, 0) is 0 Å². The molecule has 10 heteroatoms. The first kappa shape index (κ1) is 16.8. The van der Waals surface area contributed by atoms with Crippen LogP contribution in [0.4, 0.5) is 0 Å². The highest BCUT2D eigenvalue weighted by Gasteiger charge is 2.43. The number of amides is 2. The predicted octanol–water partition coefficient (Wildman–Crippen LogP) is -4.33. The van der Waals surface area contributed by atoms with Crippen LogP contribution in [0.2, 0.25) is 0 Å². The molecule has 8 N–H and O–H groups in total. The zero-order chi connectivity index (χ0) is 15.3. The van der Waals surface area contributed by atoms with Gasteiger partial charge in [-0.2, -0.15) is 0 Å². The van der Waals surface area contributed by atoms with Gasteiger partial charge in [-0.15, -0.1) is 0 Å². The Morgan fingerprint density at radius 3 is 2.30 bits per heavy atom. The van der Waals surface area contributed by atoms with Crippen LogP contribution in [0.15, 0.2) is 0 Å². The molecule has 1 aliphatic rings. The number of nitrogens with two attached hydrogens (primary N) is 1. The maximum Gasteiger partial charge on any atom is 0.234 e. The van der Waals surface area contributed by atoms with E-state index in [9.17, 15) is 24.9 Å². The van der Waals surface area contributed by atoms with E-state index < -0.39 is 49.1 Å². The molecule has 5 atom stereocenters. The van der Waals surface area contributed by atoms with Crippen molar-refractivity contribution in [3.63, 3.8) is 0 Å². The van der Waals surface area contributed by atoms with E-state index in [1.807, 2.05) is 0 Å². The van der Waals surface area contributed by atoms with Crippen LogP contribution in [0.5, 0.6) is 0 Å². The Hall–Kier alpha value is -1.30. The van der Waals surface area contributed by atoms with E-state index in [1.54, 1.807) is 0 Å². The minimum atomic E-state index is -1.54. The Balaban J connectivity index is 2.46. The van der Waals surface area contributed by atoms with Crippen LogP contribution < -0.4 is 16.6 Å². The molecule has 0 spiro atoms. The second-order valence-electron chi connectivity index (χ2n) is 4.41. The molecule has 0 aliphatic carbocycles. The maximum atomic E-state index is 11.3. The van der Waals surface area contributed by atoms with Crippen molar-refractivity contribution in [1.29, 1.82) is 0 Å². The van der Waals surface area contributed by atoms with E-state index in [2.05, 4.69) is 10.9 Å². The number of hydrazine groups is 1. The lowest BCUT2D eigenvalue weighted by molar-refractivity contribution is -0.238. The van der Waals surface area contributed by atoms with Gasteiger partial charge in [-0.3, -0.25) is 15.0 Å². The lowest BCUT2D eigenvalue weighted by Gasteiger charge is -2.40. The van der Waals surface area contributed by atoms with Crippen LogP contribution in [0.3, 0.4) is 0 Å². The number of primary amides is 1. The molecular formula is C10H19N3O7. The SMILES string of the molecule is NC(=O)CCC(=O)NN[C@@H]1O[C@H](CO)[C@@H](O)[C@H](O)[C@H]1O. The third-order valence-corrected chi connectivity index (χ3v) is 2.84. The first-order chi connectivity index (χ1) is 9.36. The quantitative estimate of drug-likeness (QED) is 0.240. The molecule has 1 heterocycles. The molecule has 1 fully saturated rings. The molecule has 1 saturated heterocycles. The van der Waals surface area contributed by atoms with Gasteiger partial charge in [0.1, 0.15) is 24.4 Å². The molecule has 1 rings (SSSR count). The molecule has 0 saturated carbocycles.